The van der Waals surface area contributed by atoms with E-state index < -0.39 is 11.6 Å². The van der Waals surface area contributed by atoms with Crippen molar-refractivity contribution in [3.8, 4) is 11.1 Å². The van der Waals surface area contributed by atoms with Crippen LogP contribution >= 0.6 is 0 Å². The molecule has 0 radical (unpaired) electrons. The van der Waals surface area contributed by atoms with Crippen LogP contribution in [0.15, 0.2) is 83.1 Å². The molecule has 1 amide bonds. The Labute approximate surface area is 212 Å². The maximum absolute atomic E-state index is 13.4. The van der Waals surface area contributed by atoms with E-state index in [-0.39, 0.29) is 36.6 Å². The summed E-state index contributed by atoms with van der Waals surface area (Å²) in [6.45, 7) is 3.84. The van der Waals surface area contributed by atoms with Crippen LogP contribution in [-0.4, -0.2) is 28.3 Å². The van der Waals surface area contributed by atoms with Crippen LogP contribution in [0.2, 0.25) is 0 Å². The minimum absolute atomic E-state index is 0.0294. The smallest absolute Gasteiger partial charge is 0.401 e. The maximum Gasteiger partial charge on any atom is 0.401 e. The number of carbonyl (C=O) groups excluding carboxylic acids is 1. The molecule has 1 aromatic heterocycles. The molecule has 7 nitrogen and oxygen atoms in total. The highest BCUT2D eigenvalue weighted by atomic mass is 19.4. The second kappa shape index (κ2) is 10.8. The number of benzene rings is 1. The van der Waals surface area contributed by atoms with Gasteiger partial charge in [-0.15, -0.1) is 0 Å². The number of aliphatic imine (C=N–C) groups is 1. The Balaban J connectivity index is 1.36. The molecule has 37 heavy (non-hydrogen) atoms. The van der Waals surface area contributed by atoms with Crippen LogP contribution in [0.25, 0.3) is 11.1 Å². The fourth-order valence-electron chi connectivity index (χ4n) is 3.80. The standard InChI is InChI=1S/C27H26F3N5O2/c1-3-5-23(31-4-2)35-25-32-16-20(17-33-25)19-8-6-18(7-9-19)14-24(36)34-21-10-13-37-22(15-21)26(11-12-26)27(28,29)30/h4-9,13,15-17H,3,11-12,14H2,1-2H3,(H,34,36)(H,32,33,35)/b23-5+,31-4?. The number of amides is 1. The zero-order valence-corrected chi connectivity index (χ0v) is 20.4. The molecule has 2 N–H and O–H groups in total. The summed E-state index contributed by atoms with van der Waals surface area (Å²) in [5.41, 5.74) is 3.23. The van der Waals surface area contributed by atoms with E-state index in [0.29, 0.717) is 11.8 Å². The maximum atomic E-state index is 13.4. The molecule has 0 spiro atoms. The Morgan fingerprint density at radius 2 is 1.86 bits per heavy atom. The number of hydrogen-bond acceptors (Lipinski definition) is 6. The second-order valence-corrected chi connectivity index (χ2v) is 8.61. The lowest BCUT2D eigenvalue weighted by Gasteiger charge is -2.22. The third kappa shape index (κ3) is 6.16. The number of carbonyl (C=O) groups is 1. The molecule has 1 aliphatic carbocycles. The van der Waals surface area contributed by atoms with Gasteiger partial charge in [-0.1, -0.05) is 36.9 Å². The number of aromatic nitrogens is 2. The lowest BCUT2D eigenvalue weighted by atomic mass is 10.0. The molecule has 2 aromatic rings. The van der Waals surface area contributed by atoms with E-state index in [1.165, 1.54) is 6.08 Å². The first-order valence-electron chi connectivity index (χ1n) is 11.8. The molecule has 0 saturated heterocycles. The van der Waals surface area contributed by atoms with E-state index in [1.807, 2.05) is 32.1 Å². The van der Waals surface area contributed by atoms with Gasteiger partial charge in [0.2, 0.25) is 11.9 Å². The Morgan fingerprint density at radius 3 is 2.46 bits per heavy atom. The van der Waals surface area contributed by atoms with Gasteiger partial charge in [-0.25, -0.2) is 15.0 Å². The van der Waals surface area contributed by atoms with Gasteiger partial charge in [-0.05, 0) is 43.4 Å². The highest BCUT2D eigenvalue weighted by molar-refractivity contribution is 5.81. The Kier molecular flexibility index (Phi) is 7.59. The van der Waals surface area contributed by atoms with Gasteiger partial charge in [-0.3, -0.25) is 4.79 Å². The summed E-state index contributed by atoms with van der Waals surface area (Å²) in [5.74, 6) is 0.519. The molecule has 0 atom stereocenters. The number of anilines is 1. The zero-order valence-electron chi connectivity index (χ0n) is 20.4. The van der Waals surface area contributed by atoms with Crippen molar-refractivity contribution in [2.45, 2.75) is 45.7 Å². The molecule has 1 aromatic carbocycles. The number of hydrogen-bond donors (Lipinski definition) is 2. The number of halogens is 3. The van der Waals surface area contributed by atoms with Crippen molar-refractivity contribution in [1.82, 2.24) is 15.3 Å². The third-order valence-electron chi connectivity index (χ3n) is 5.92. The molecule has 10 heteroatoms. The average Bonchev–Trinajstić information content (AvgIpc) is 3.68. The number of alkyl halides is 3. The normalized spacial score (nSPS) is 16.6. The van der Waals surface area contributed by atoms with Crippen molar-refractivity contribution in [2.75, 3.05) is 5.32 Å². The van der Waals surface area contributed by atoms with Gasteiger partial charge in [0.15, 0.2) is 0 Å². The highest BCUT2D eigenvalue weighted by Gasteiger charge is 2.67. The first-order chi connectivity index (χ1) is 17.7. The summed E-state index contributed by atoms with van der Waals surface area (Å²) in [7, 11) is 0. The van der Waals surface area contributed by atoms with E-state index in [1.54, 1.807) is 30.7 Å². The molecular formula is C27H26F3N5O2. The topological polar surface area (TPSA) is 88.5 Å². The van der Waals surface area contributed by atoms with Crippen LogP contribution < -0.4 is 10.6 Å². The number of rotatable bonds is 9. The second-order valence-electron chi connectivity index (χ2n) is 8.61. The summed E-state index contributed by atoms with van der Waals surface area (Å²) in [6.07, 6.45) is 5.66. The van der Waals surface area contributed by atoms with Gasteiger partial charge in [0, 0.05) is 30.2 Å². The first kappa shape index (κ1) is 25.9. The number of allylic oxidation sites excluding steroid dienone is 3. The number of nitrogens with one attached hydrogen (secondary N) is 2. The third-order valence-corrected chi connectivity index (χ3v) is 5.92. The summed E-state index contributed by atoms with van der Waals surface area (Å²) in [4.78, 5) is 25.4. The van der Waals surface area contributed by atoms with Crippen LogP contribution in [0.3, 0.4) is 0 Å². The predicted octanol–water partition coefficient (Wildman–Crippen LogP) is 5.81. The minimum atomic E-state index is -4.40. The van der Waals surface area contributed by atoms with Crippen LogP contribution in [0, 0.1) is 5.41 Å². The van der Waals surface area contributed by atoms with Gasteiger partial charge in [0.25, 0.3) is 0 Å². The summed E-state index contributed by atoms with van der Waals surface area (Å²) < 4.78 is 45.2. The van der Waals surface area contributed by atoms with Crippen molar-refractivity contribution in [2.24, 2.45) is 10.4 Å². The molecule has 4 rings (SSSR count). The lowest BCUT2D eigenvalue weighted by Crippen LogP contribution is -2.29. The quantitative estimate of drug-likeness (QED) is 0.329. The SMILES string of the molecule is CC=N/C(=C\CC)Nc1ncc(-c2ccc(CC(=O)NC3=C=COC(C4(C(F)(F)F)CC4)=C3)cc2)cn1. The summed E-state index contributed by atoms with van der Waals surface area (Å²) >= 11 is 0. The Bertz CT molecular complexity index is 1300. The van der Waals surface area contributed by atoms with E-state index in [4.69, 9.17) is 4.74 Å². The molecule has 0 unspecified atom stereocenters. The Morgan fingerprint density at radius 1 is 1.16 bits per heavy atom. The summed E-state index contributed by atoms with van der Waals surface area (Å²) in [6, 6.07) is 7.31. The van der Waals surface area contributed by atoms with E-state index in [2.05, 4.69) is 31.3 Å². The van der Waals surface area contributed by atoms with Gasteiger partial charge >= 0.3 is 6.18 Å². The van der Waals surface area contributed by atoms with Gasteiger partial charge in [0.1, 0.15) is 23.3 Å². The molecule has 2 heterocycles. The van der Waals surface area contributed by atoms with E-state index in [0.717, 1.165) is 29.4 Å². The fraction of sp³-hybridized carbons (Fsp3) is 0.296. The number of ether oxygens (including phenoxy) is 1. The fourth-order valence-corrected chi connectivity index (χ4v) is 3.80. The first-order valence-corrected chi connectivity index (χ1v) is 11.8. The molecule has 1 saturated carbocycles. The minimum Gasteiger partial charge on any atom is -0.460 e. The number of nitrogens with zero attached hydrogens (tertiary/aromatic N) is 3. The molecule has 192 valence electrons. The predicted molar refractivity (Wildman–Crippen MR) is 134 cm³/mol. The monoisotopic (exact) mass is 509 g/mol. The highest BCUT2D eigenvalue weighted by Crippen LogP contribution is 2.62. The van der Waals surface area contributed by atoms with Crippen molar-refractivity contribution in [1.29, 1.82) is 0 Å². The lowest BCUT2D eigenvalue weighted by molar-refractivity contribution is -0.183. The molecule has 1 aliphatic heterocycles. The van der Waals surface area contributed by atoms with Crippen molar-refractivity contribution in [3.05, 3.63) is 83.6 Å². The van der Waals surface area contributed by atoms with Crippen molar-refractivity contribution in [3.63, 3.8) is 0 Å². The van der Waals surface area contributed by atoms with Crippen LogP contribution in [0.5, 0.6) is 0 Å². The van der Waals surface area contributed by atoms with E-state index in [9.17, 15) is 18.0 Å². The molecule has 0 bridgehead atoms. The van der Waals surface area contributed by atoms with Gasteiger partial charge in [0.05, 0.1) is 12.1 Å². The zero-order chi connectivity index (χ0) is 26.5. The largest absolute Gasteiger partial charge is 0.460 e. The van der Waals surface area contributed by atoms with Gasteiger partial charge < -0.3 is 15.4 Å². The van der Waals surface area contributed by atoms with Crippen LogP contribution in [0.1, 0.15) is 38.7 Å². The van der Waals surface area contributed by atoms with E-state index >= 15 is 0 Å². The van der Waals surface area contributed by atoms with Crippen LogP contribution in [-0.2, 0) is 16.0 Å². The van der Waals surface area contributed by atoms with Crippen molar-refractivity contribution < 1.29 is 22.7 Å². The Hall–Kier alpha value is -4.17. The van der Waals surface area contributed by atoms with Crippen molar-refractivity contribution >= 4 is 18.1 Å². The molecular weight excluding hydrogens is 483 g/mol. The molecule has 1 fully saturated rings. The van der Waals surface area contributed by atoms with Gasteiger partial charge in [-0.2, -0.15) is 13.2 Å². The average molecular weight is 510 g/mol. The van der Waals surface area contributed by atoms with Crippen LogP contribution in [0.4, 0.5) is 19.1 Å². The summed E-state index contributed by atoms with van der Waals surface area (Å²) in [5, 5.41) is 5.67. The molecule has 2 aliphatic rings.